The quantitative estimate of drug-likeness (QED) is 0.368. The summed E-state index contributed by atoms with van der Waals surface area (Å²) < 4.78 is 165. The summed E-state index contributed by atoms with van der Waals surface area (Å²) in [5.41, 5.74) is 0. The van der Waals surface area contributed by atoms with E-state index in [2.05, 4.69) is 6.58 Å². The summed E-state index contributed by atoms with van der Waals surface area (Å²) in [5, 5.41) is -1.11. The molecule has 0 unspecified atom stereocenters. The van der Waals surface area contributed by atoms with Crippen LogP contribution in [0.25, 0.3) is 0 Å². The highest BCUT2D eigenvalue weighted by Crippen LogP contribution is 2.60. The number of alkyl halides is 13. The molecule has 0 aliphatic rings. The molecular formula is C11H7F13OS. The predicted octanol–water partition coefficient (Wildman–Crippen LogP) is 5.56. The third-order valence-electron chi connectivity index (χ3n) is 2.83. The van der Waals surface area contributed by atoms with E-state index in [1.165, 1.54) is 0 Å². The summed E-state index contributed by atoms with van der Waals surface area (Å²) in [6.07, 6.45) is -9.35. The summed E-state index contributed by atoms with van der Waals surface area (Å²) >= 11 is -0.184. The standard InChI is InChI=1S/C11H7F13OS/c1-2-5(25)26-4-3-6(12,13)7(14,15)8(16,17)9(18,19)10(20,21)11(22,23)24/h2H,1,3-4H2. The summed E-state index contributed by atoms with van der Waals surface area (Å²) in [6, 6.07) is 0. The molecule has 0 radical (unpaired) electrons. The molecule has 0 fully saturated rings. The predicted molar refractivity (Wildman–Crippen MR) is 63.1 cm³/mol. The topological polar surface area (TPSA) is 17.1 Å². The summed E-state index contributed by atoms with van der Waals surface area (Å²) in [6.45, 7) is 2.83. The van der Waals surface area contributed by atoms with E-state index in [1.807, 2.05) is 0 Å². The van der Waals surface area contributed by atoms with E-state index >= 15 is 0 Å². The molecule has 26 heavy (non-hydrogen) atoms. The van der Waals surface area contributed by atoms with Crippen molar-refractivity contribution >= 4 is 16.9 Å². The van der Waals surface area contributed by atoms with Crippen LogP contribution in [0.4, 0.5) is 57.1 Å². The monoisotopic (exact) mass is 434 g/mol. The van der Waals surface area contributed by atoms with Crippen LogP contribution in [0.1, 0.15) is 6.42 Å². The van der Waals surface area contributed by atoms with E-state index in [-0.39, 0.29) is 11.8 Å². The van der Waals surface area contributed by atoms with Gasteiger partial charge in [-0.2, -0.15) is 57.1 Å². The number of carbonyl (C=O) groups excluding carboxylic acids is 1. The number of rotatable bonds is 8. The Morgan fingerprint density at radius 3 is 1.46 bits per heavy atom. The van der Waals surface area contributed by atoms with E-state index in [9.17, 15) is 61.9 Å². The summed E-state index contributed by atoms with van der Waals surface area (Å²) in [7, 11) is 0. The van der Waals surface area contributed by atoms with Crippen LogP contribution in [0.3, 0.4) is 0 Å². The number of halogens is 13. The maximum absolute atomic E-state index is 13.2. The third-order valence-corrected chi connectivity index (χ3v) is 3.68. The molecule has 0 saturated heterocycles. The molecule has 0 aliphatic heterocycles. The van der Waals surface area contributed by atoms with Crippen molar-refractivity contribution < 1.29 is 61.9 Å². The fourth-order valence-electron chi connectivity index (χ4n) is 1.30. The molecule has 0 aromatic heterocycles. The maximum atomic E-state index is 13.2. The van der Waals surface area contributed by atoms with Crippen molar-refractivity contribution in [3.8, 4) is 0 Å². The van der Waals surface area contributed by atoms with Crippen molar-refractivity contribution in [2.45, 2.75) is 42.2 Å². The lowest BCUT2D eigenvalue weighted by atomic mass is 9.93. The molecule has 15 heteroatoms. The van der Waals surface area contributed by atoms with Crippen molar-refractivity contribution in [3.05, 3.63) is 12.7 Å². The summed E-state index contributed by atoms with van der Waals surface area (Å²) in [5.74, 6) is -38.3. The summed E-state index contributed by atoms with van der Waals surface area (Å²) in [4.78, 5) is 10.7. The average Bonchev–Trinajstić information content (AvgIpc) is 2.44. The molecule has 0 aromatic carbocycles. The average molecular weight is 434 g/mol. The zero-order valence-electron chi connectivity index (χ0n) is 11.9. The van der Waals surface area contributed by atoms with Crippen molar-refractivity contribution in [1.82, 2.24) is 0 Å². The smallest absolute Gasteiger partial charge is 0.282 e. The highest BCUT2D eigenvalue weighted by atomic mass is 32.2. The SMILES string of the molecule is C=CC(=O)SCCC(F)(F)C(F)(F)C(F)(F)C(F)(F)C(F)(F)C(F)(F)F. The Kier molecular flexibility index (Phi) is 6.80. The molecule has 0 saturated carbocycles. The highest BCUT2D eigenvalue weighted by molar-refractivity contribution is 8.14. The van der Waals surface area contributed by atoms with Gasteiger partial charge in [0.2, 0.25) is 5.12 Å². The molecule has 154 valence electrons. The van der Waals surface area contributed by atoms with Crippen LogP contribution < -0.4 is 0 Å². The van der Waals surface area contributed by atoms with Crippen molar-refractivity contribution in [3.63, 3.8) is 0 Å². The first-order valence-corrected chi connectivity index (χ1v) is 6.94. The van der Waals surface area contributed by atoms with Gasteiger partial charge < -0.3 is 0 Å². The van der Waals surface area contributed by atoms with Gasteiger partial charge in [-0.05, 0) is 6.08 Å². The van der Waals surface area contributed by atoms with Gasteiger partial charge in [0, 0.05) is 12.2 Å². The van der Waals surface area contributed by atoms with Crippen LogP contribution >= 0.6 is 11.8 Å². The van der Waals surface area contributed by atoms with Gasteiger partial charge in [-0.1, -0.05) is 18.3 Å². The van der Waals surface area contributed by atoms with Crippen LogP contribution in [0.5, 0.6) is 0 Å². The van der Waals surface area contributed by atoms with Crippen LogP contribution in [0, 0.1) is 0 Å². The lowest BCUT2D eigenvalue weighted by molar-refractivity contribution is -0.439. The highest BCUT2D eigenvalue weighted by Gasteiger charge is 2.90. The van der Waals surface area contributed by atoms with Crippen molar-refractivity contribution in [2.24, 2.45) is 0 Å². The van der Waals surface area contributed by atoms with Gasteiger partial charge >= 0.3 is 35.8 Å². The van der Waals surface area contributed by atoms with Crippen LogP contribution in [0.15, 0.2) is 12.7 Å². The Hall–Kier alpha value is -1.15. The first-order chi connectivity index (χ1) is 11.2. The molecule has 0 aromatic rings. The molecule has 0 spiro atoms. The third kappa shape index (κ3) is 3.91. The minimum absolute atomic E-state index is 0.184. The Balaban J connectivity index is 5.85. The Bertz CT molecular complexity index is 537. The second-order valence-corrected chi connectivity index (χ2v) is 5.72. The molecule has 0 aliphatic carbocycles. The number of hydrogen-bond acceptors (Lipinski definition) is 2. The zero-order chi connectivity index (χ0) is 21.4. The minimum Gasteiger partial charge on any atom is -0.282 e. The van der Waals surface area contributed by atoms with Gasteiger partial charge in [0.15, 0.2) is 0 Å². The normalized spacial score (nSPS) is 15.1. The zero-order valence-corrected chi connectivity index (χ0v) is 12.7. The van der Waals surface area contributed by atoms with E-state index in [4.69, 9.17) is 0 Å². The fourth-order valence-corrected chi connectivity index (χ4v) is 1.98. The Labute approximate surface area is 140 Å². The van der Waals surface area contributed by atoms with Crippen molar-refractivity contribution in [1.29, 1.82) is 0 Å². The van der Waals surface area contributed by atoms with Gasteiger partial charge in [-0.15, -0.1) is 0 Å². The van der Waals surface area contributed by atoms with E-state index in [0.717, 1.165) is 0 Å². The van der Waals surface area contributed by atoms with E-state index in [1.54, 1.807) is 0 Å². The molecule has 0 heterocycles. The van der Waals surface area contributed by atoms with Crippen LogP contribution in [0.2, 0.25) is 0 Å². The lowest BCUT2D eigenvalue weighted by Crippen LogP contribution is -2.70. The Morgan fingerprint density at radius 1 is 0.731 bits per heavy atom. The molecule has 0 bridgehead atoms. The van der Waals surface area contributed by atoms with Crippen LogP contribution in [-0.4, -0.2) is 46.7 Å². The molecular weight excluding hydrogens is 427 g/mol. The fraction of sp³-hybridized carbons (Fsp3) is 0.727. The van der Waals surface area contributed by atoms with Crippen LogP contribution in [-0.2, 0) is 4.79 Å². The second kappa shape index (κ2) is 7.11. The van der Waals surface area contributed by atoms with Gasteiger partial charge in [-0.3, -0.25) is 4.79 Å². The number of hydrogen-bond donors (Lipinski definition) is 0. The number of thioether (sulfide) groups is 1. The van der Waals surface area contributed by atoms with Crippen molar-refractivity contribution in [2.75, 3.05) is 5.75 Å². The largest absolute Gasteiger partial charge is 0.460 e. The molecule has 0 N–H and O–H groups in total. The minimum atomic E-state index is -7.91. The second-order valence-electron chi connectivity index (χ2n) is 4.62. The lowest BCUT2D eigenvalue weighted by Gasteiger charge is -2.39. The van der Waals surface area contributed by atoms with Gasteiger partial charge in [-0.25, -0.2) is 0 Å². The van der Waals surface area contributed by atoms with Gasteiger partial charge in [0.1, 0.15) is 0 Å². The van der Waals surface area contributed by atoms with Gasteiger partial charge in [0.25, 0.3) is 0 Å². The molecule has 0 atom stereocenters. The van der Waals surface area contributed by atoms with Gasteiger partial charge in [0.05, 0.1) is 0 Å². The van der Waals surface area contributed by atoms with E-state index < -0.39 is 53.1 Å². The first kappa shape index (κ1) is 24.8. The Morgan fingerprint density at radius 2 is 1.12 bits per heavy atom. The molecule has 0 rings (SSSR count). The van der Waals surface area contributed by atoms with E-state index in [0.29, 0.717) is 6.08 Å². The maximum Gasteiger partial charge on any atom is 0.460 e. The molecule has 1 nitrogen and oxygen atoms in total. The molecule has 0 amide bonds. The first-order valence-electron chi connectivity index (χ1n) is 5.95. The number of carbonyl (C=O) groups is 1.